The third kappa shape index (κ3) is 8.60. The molecule has 0 amide bonds. The first-order valence-electron chi connectivity index (χ1n) is 11.6. The van der Waals surface area contributed by atoms with Gasteiger partial charge in [-0.25, -0.2) is 8.42 Å². The molecule has 0 aliphatic carbocycles. The van der Waals surface area contributed by atoms with Gasteiger partial charge in [-0.1, -0.05) is 101 Å². The Morgan fingerprint density at radius 2 is 1.06 bits per heavy atom. The van der Waals surface area contributed by atoms with Crippen LogP contribution in [0.5, 0.6) is 0 Å². The van der Waals surface area contributed by atoms with Crippen LogP contribution in [0.1, 0.15) is 65.5 Å². The summed E-state index contributed by atoms with van der Waals surface area (Å²) < 4.78 is 34.7. The Bertz CT molecular complexity index is 1210. The number of rotatable bonds is 7. The molecule has 0 aliphatic rings. The summed E-state index contributed by atoms with van der Waals surface area (Å²) in [4.78, 5) is -0.566. The van der Waals surface area contributed by atoms with E-state index in [1.165, 1.54) is 31.1 Å². The zero-order valence-electron chi connectivity index (χ0n) is 21.3. The number of hydrogen-bond donors (Lipinski definition) is 0. The molecule has 3 aromatic carbocycles. The van der Waals surface area contributed by atoms with Gasteiger partial charge in [-0.2, -0.15) is 0 Å². The zero-order valence-corrected chi connectivity index (χ0v) is 26.6. The Kier molecular flexibility index (Phi) is 11.2. The predicted octanol–water partition coefficient (Wildman–Crippen LogP) is 5.74. The largest absolute Gasteiger partial charge is 0.744 e. The van der Waals surface area contributed by atoms with Crippen molar-refractivity contribution in [2.24, 2.45) is 0 Å². The summed E-state index contributed by atoms with van der Waals surface area (Å²) >= 11 is 16.4. The van der Waals surface area contributed by atoms with Gasteiger partial charge in [0.05, 0.1) is 20.0 Å². The van der Waals surface area contributed by atoms with Crippen LogP contribution in [0, 0.1) is 7.14 Å². The van der Waals surface area contributed by atoms with Gasteiger partial charge in [0.15, 0.2) is 7.14 Å². The van der Waals surface area contributed by atoms with Crippen molar-refractivity contribution in [2.45, 2.75) is 70.1 Å². The van der Waals surface area contributed by atoms with Crippen LogP contribution in [-0.2, 0) is 20.9 Å². The summed E-state index contributed by atoms with van der Waals surface area (Å²) in [6, 6.07) is 20.7. The van der Waals surface area contributed by atoms with E-state index in [4.69, 9.17) is 34.8 Å². The molecular formula is C28H32Cl3IO3S. The molecule has 0 aromatic heterocycles. The van der Waals surface area contributed by atoms with E-state index < -0.39 is 15.0 Å². The van der Waals surface area contributed by atoms with Crippen molar-refractivity contribution in [3.8, 4) is 0 Å². The molecule has 0 heterocycles. The van der Waals surface area contributed by atoms with Crippen LogP contribution in [0.2, 0.25) is 15.1 Å². The second kappa shape index (κ2) is 12.8. The molecule has 0 saturated heterocycles. The summed E-state index contributed by atoms with van der Waals surface area (Å²) in [5, 5.41) is -0.163. The van der Waals surface area contributed by atoms with Crippen molar-refractivity contribution in [3.05, 3.63) is 94.0 Å². The zero-order chi connectivity index (χ0) is 27.3. The fourth-order valence-electron chi connectivity index (χ4n) is 3.16. The molecule has 0 aliphatic heterocycles. The summed E-state index contributed by atoms with van der Waals surface area (Å²) in [6.07, 6.45) is 2.35. The number of hydrogen-bond acceptors (Lipinski definition) is 3. The third-order valence-corrected chi connectivity index (χ3v) is 11.2. The topological polar surface area (TPSA) is 57.2 Å². The van der Waals surface area contributed by atoms with Crippen molar-refractivity contribution in [2.75, 3.05) is 0 Å². The Morgan fingerprint density at radius 3 is 1.39 bits per heavy atom. The van der Waals surface area contributed by atoms with E-state index in [2.05, 4.69) is 90.1 Å². The van der Waals surface area contributed by atoms with E-state index in [0.29, 0.717) is 0 Å². The molecule has 0 spiro atoms. The standard InChI is InChI=1S/C22H30I.C6H3Cl3O3S/c1-7-21(3,4)17-9-13-19(14-10-17)23-20-15-11-18(12-16-20)22(5,6)8-2;7-3-1-5(9)6(2-4(3)8)13(10,11)12/h9-16H,7-8H2,1-6H3;1-2H,(H,10,11,12)/q+1;/p-1. The molecule has 0 saturated carbocycles. The van der Waals surface area contributed by atoms with Crippen molar-refractivity contribution in [1.82, 2.24) is 0 Å². The lowest BCUT2D eigenvalue weighted by atomic mass is 9.82. The molecule has 0 radical (unpaired) electrons. The van der Waals surface area contributed by atoms with E-state index in [0.717, 1.165) is 12.1 Å². The minimum absolute atomic E-state index is 0.0273. The smallest absolute Gasteiger partial charge is 0.357 e. The Labute approximate surface area is 241 Å². The van der Waals surface area contributed by atoms with Gasteiger partial charge < -0.3 is 4.55 Å². The number of benzene rings is 3. The Morgan fingerprint density at radius 1 is 0.694 bits per heavy atom. The maximum absolute atomic E-state index is 10.6. The summed E-state index contributed by atoms with van der Waals surface area (Å²) in [7, 11) is -4.60. The lowest BCUT2D eigenvalue weighted by molar-refractivity contribution is -0.597. The van der Waals surface area contributed by atoms with Crippen LogP contribution in [0.4, 0.5) is 0 Å². The molecule has 3 rings (SSSR count). The van der Waals surface area contributed by atoms with Gasteiger partial charge in [0, 0.05) is 0 Å². The number of halogens is 4. The highest BCUT2D eigenvalue weighted by atomic mass is 127. The molecule has 0 N–H and O–H groups in total. The van der Waals surface area contributed by atoms with Crippen molar-refractivity contribution in [1.29, 1.82) is 0 Å². The molecule has 0 fully saturated rings. The highest BCUT2D eigenvalue weighted by molar-refractivity contribution is 7.85. The van der Waals surface area contributed by atoms with E-state index in [-0.39, 0.29) is 47.1 Å². The average molecular weight is 682 g/mol. The van der Waals surface area contributed by atoms with Gasteiger partial charge in [0.25, 0.3) is 0 Å². The van der Waals surface area contributed by atoms with E-state index in [1.807, 2.05) is 0 Å². The second-order valence-electron chi connectivity index (χ2n) is 9.73. The average Bonchev–Trinajstić information content (AvgIpc) is 2.82. The molecule has 0 atom stereocenters. The molecule has 3 nitrogen and oxygen atoms in total. The van der Waals surface area contributed by atoms with E-state index in [1.54, 1.807) is 0 Å². The van der Waals surface area contributed by atoms with Crippen molar-refractivity contribution >= 4 is 44.9 Å². The molecule has 0 unspecified atom stereocenters. The molecule has 196 valence electrons. The summed E-state index contributed by atoms with van der Waals surface area (Å²) in [5.41, 5.74) is 3.47. The van der Waals surface area contributed by atoms with Gasteiger partial charge in [0.1, 0.15) is 10.1 Å². The van der Waals surface area contributed by atoms with Crippen LogP contribution in [0.25, 0.3) is 0 Å². The van der Waals surface area contributed by atoms with Crippen molar-refractivity contribution < 1.29 is 34.2 Å². The quantitative estimate of drug-likeness (QED) is 0.182. The predicted molar refractivity (Wildman–Crippen MR) is 146 cm³/mol. The van der Waals surface area contributed by atoms with Crippen LogP contribution in [-0.4, -0.2) is 13.0 Å². The van der Waals surface area contributed by atoms with Crippen LogP contribution >= 0.6 is 34.8 Å². The van der Waals surface area contributed by atoms with Crippen LogP contribution < -0.4 is 21.2 Å². The highest BCUT2D eigenvalue weighted by Crippen LogP contribution is 2.31. The van der Waals surface area contributed by atoms with Gasteiger partial charge >= 0.3 is 21.2 Å². The van der Waals surface area contributed by atoms with Gasteiger partial charge in [-0.3, -0.25) is 0 Å². The first-order chi connectivity index (χ1) is 16.6. The molecular weight excluding hydrogens is 650 g/mol. The minimum atomic E-state index is -4.60. The maximum atomic E-state index is 10.6. The lowest BCUT2D eigenvalue weighted by Crippen LogP contribution is -3.61. The maximum Gasteiger partial charge on any atom is 0.357 e. The van der Waals surface area contributed by atoms with E-state index >= 15 is 0 Å². The van der Waals surface area contributed by atoms with Crippen LogP contribution in [0.15, 0.2) is 65.6 Å². The Balaban J connectivity index is 0.000000297. The summed E-state index contributed by atoms with van der Waals surface area (Å²) in [6.45, 7) is 13.8. The monoisotopic (exact) mass is 680 g/mol. The molecule has 0 bridgehead atoms. The first kappa shape index (κ1) is 31.4. The Hall–Kier alpha value is -0.830. The van der Waals surface area contributed by atoms with Gasteiger partial charge in [0.2, 0.25) is 0 Å². The fraction of sp³-hybridized carbons (Fsp3) is 0.357. The second-order valence-corrected chi connectivity index (χ2v) is 15.3. The third-order valence-electron chi connectivity index (χ3n) is 6.48. The molecule has 8 heteroatoms. The van der Waals surface area contributed by atoms with Crippen LogP contribution in [0.3, 0.4) is 0 Å². The highest BCUT2D eigenvalue weighted by Gasteiger charge is 2.22. The normalized spacial score (nSPS) is 12.2. The fourth-order valence-corrected chi connectivity index (χ4v) is 6.77. The molecule has 3 aromatic rings. The lowest BCUT2D eigenvalue weighted by Gasteiger charge is -2.23. The molecule has 36 heavy (non-hydrogen) atoms. The minimum Gasteiger partial charge on any atom is -0.744 e. The summed E-state index contributed by atoms with van der Waals surface area (Å²) in [5.74, 6) is 0. The first-order valence-corrected chi connectivity index (χ1v) is 16.3. The van der Waals surface area contributed by atoms with Crippen molar-refractivity contribution in [3.63, 3.8) is 0 Å². The van der Waals surface area contributed by atoms with Gasteiger partial charge in [-0.05, 0) is 71.2 Å². The van der Waals surface area contributed by atoms with Gasteiger partial charge in [-0.15, -0.1) is 0 Å². The van der Waals surface area contributed by atoms with E-state index in [9.17, 15) is 13.0 Å². The SMILES string of the molecule is CCC(C)(C)c1ccc([I+]c2ccc(C(C)(C)CC)cc2)cc1.O=S(=O)([O-])c1cc(Cl)c(Cl)cc1Cl.